The third-order valence-corrected chi connectivity index (χ3v) is 3.27. The van der Waals surface area contributed by atoms with Gasteiger partial charge in [-0.2, -0.15) is 0 Å². The Morgan fingerprint density at radius 1 is 1.43 bits per heavy atom. The summed E-state index contributed by atoms with van der Waals surface area (Å²) in [5, 5.41) is 12.8. The third kappa shape index (κ3) is 3.56. The van der Waals surface area contributed by atoms with Crippen molar-refractivity contribution in [2.45, 2.75) is 39.2 Å². The van der Waals surface area contributed by atoms with Crippen LogP contribution < -0.4 is 5.32 Å². The number of aliphatic hydroxyl groups is 1. The zero-order chi connectivity index (χ0) is 10.4. The fourth-order valence-electron chi connectivity index (χ4n) is 1.59. The molecule has 1 rings (SSSR count). The molecule has 3 heteroatoms. The number of rotatable bonds is 5. The largest absolute Gasteiger partial charge is 0.396 e. The van der Waals surface area contributed by atoms with Crippen molar-refractivity contribution in [2.75, 3.05) is 26.4 Å². The number of nitrogens with one attached hydrogen (secondary N) is 1. The van der Waals surface area contributed by atoms with Gasteiger partial charge in [-0.25, -0.2) is 0 Å². The summed E-state index contributed by atoms with van der Waals surface area (Å²) in [4.78, 5) is 0. The summed E-state index contributed by atoms with van der Waals surface area (Å²) < 4.78 is 5.29. The molecule has 0 aromatic carbocycles. The number of ether oxygens (including phenoxy) is 1. The van der Waals surface area contributed by atoms with E-state index in [1.54, 1.807) is 0 Å². The van der Waals surface area contributed by atoms with Crippen molar-refractivity contribution in [2.24, 2.45) is 5.41 Å². The van der Waals surface area contributed by atoms with E-state index < -0.39 is 0 Å². The van der Waals surface area contributed by atoms with Crippen LogP contribution in [0.1, 0.15) is 33.1 Å². The van der Waals surface area contributed by atoms with Gasteiger partial charge in [-0.1, -0.05) is 13.8 Å². The highest BCUT2D eigenvalue weighted by Crippen LogP contribution is 2.19. The van der Waals surface area contributed by atoms with Crippen LogP contribution in [-0.2, 0) is 4.74 Å². The lowest BCUT2D eigenvalue weighted by Gasteiger charge is -2.30. The molecule has 1 fully saturated rings. The minimum atomic E-state index is 0.0400. The molecular weight excluding hydrogens is 178 g/mol. The van der Waals surface area contributed by atoms with Crippen LogP contribution in [0.15, 0.2) is 0 Å². The Bertz CT molecular complexity index is 151. The van der Waals surface area contributed by atoms with Crippen molar-refractivity contribution in [1.82, 2.24) is 5.32 Å². The molecule has 1 aliphatic rings. The summed E-state index contributed by atoms with van der Waals surface area (Å²) in [5.41, 5.74) is 0.0400. The van der Waals surface area contributed by atoms with E-state index in [1.807, 2.05) is 0 Å². The van der Waals surface area contributed by atoms with E-state index in [1.165, 1.54) is 0 Å². The fourth-order valence-corrected chi connectivity index (χ4v) is 1.59. The zero-order valence-corrected chi connectivity index (χ0v) is 9.38. The molecule has 1 unspecified atom stereocenters. The number of hydrogen-bond acceptors (Lipinski definition) is 3. The smallest absolute Gasteiger partial charge is 0.0496 e. The molecule has 1 aliphatic heterocycles. The Morgan fingerprint density at radius 3 is 2.57 bits per heavy atom. The summed E-state index contributed by atoms with van der Waals surface area (Å²) in [6, 6.07) is 0.584. The molecule has 1 saturated heterocycles. The van der Waals surface area contributed by atoms with Crippen LogP contribution in [0, 0.1) is 5.41 Å². The van der Waals surface area contributed by atoms with Gasteiger partial charge in [-0.15, -0.1) is 0 Å². The highest BCUT2D eigenvalue weighted by molar-refractivity contribution is 4.78. The highest BCUT2D eigenvalue weighted by Gasteiger charge is 2.23. The van der Waals surface area contributed by atoms with E-state index in [9.17, 15) is 5.11 Å². The standard InChI is InChI=1S/C11H23NO2/c1-3-11(2,9-13)8-12-10-4-6-14-7-5-10/h10,12-13H,3-9H2,1-2H3. The monoisotopic (exact) mass is 201 g/mol. The minimum Gasteiger partial charge on any atom is -0.396 e. The van der Waals surface area contributed by atoms with Crippen LogP contribution in [-0.4, -0.2) is 37.5 Å². The van der Waals surface area contributed by atoms with Crippen LogP contribution in [0.4, 0.5) is 0 Å². The lowest BCUT2D eigenvalue weighted by molar-refractivity contribution is 0.0689. The van der Waals surface area contributed by atoms with E-state index >= 15 is 0 Å². The highest BCUT2D eigenvalue weighted by atomic mass is 16.5. The van der Waals surface area contributed by atoms with Gasteiger partial charge in [0.1, 0.15) is 0 Å². The molecule has 0 radical (unpaired) electrons. The number of hydrogen-bond donors (Lipinski definition) is 2. The summed E-state index contributed by atoms with van der Waals surface area (Å²) in [5.74, 6) is 0. The fraction of sp³-hybridized carbons (Fsp3) is 1.00. The molecule has 3 nitrogen and oxygen atoms in total. The minimum absolute atomic E-state index is 0.0400. The predicted molar refractivity (Wildman–Crippen MR) is 57.3 cm³/mol. The molecule has 0 spiro atoms. The summed E-state index contributed by atoms with van der Waals surface area (Å²) >= 11 is 0. The second-order valence-electron chi connectivity index (χ2n) is 4.59. The summed E-state index contributed by atoms with van der Waals surface area (Å²) in [7, 11) is 0. The maximum absolute atomic E-state index is 9.25. The van der Waals surface area contributed by atoms with Gasteiger partial charge in [0.15, 0.2) is 0 Å². The normalized spacial score (nSPS) is 23.4. The van der Waals surface area contributed by atoms with Crippen LogP contribution in [0.3, 0.4) is 0 Å². The Labute approximate surface area is 86.8 Å². The van der Waals surface area contributed by atoms with Crippen LogP contribution in [0.2, 0.25) is 0 Å². The maximum Gasteiger partial charge on any atom is 0.0496 e. The van der Waals surface area contributed by atoms with Crippen LogP contribution >= 0.6 is 0 Å². The van der Waals surface area contributed by atoms with Crippen molar-refractivity contribution < 1.29 is 9.84 Å². The molecule has 0 bridgehead atoms. The van der Waals surface area contributed by atoms with Gasteiger partial charge in [0.2, 0.25) is 0 Å². The van der Waals surface area contributed by atoms with Crippen LogP contribution in [0.25, 0.3) is 0 Å². The third-order valence-electron chi connectivity index (χ3n) is 3.27. The Kier molecular flexibility index (Phi) is 4.85. The molecule has 84 valence electrons. The molecular formula is C11H23NO2. The Balaban J connectivity index is 2.23. The molecule has 14 heavy (non-hydrogen) atoms. The average Bonchev–Trinajstić information content (AvgIpc) is 2.27. The lowest BCUT2D eigenvalue weighted by Crippen LogP contribution is -2.42. The first-order valence-corrected chi connectivity index (χ1v) is 5.62. The van der Waals surface area contributed by atoms with Gasteiger partial charge in [-0.05, 0) is 19.3 Å². The molecule has 0 aromatic rings. The Hall–Kier alpha value is -0.120. The molecule has 2 N–H and O–H groups in total. The van der Waals surface area contributed by atoms with Gasteiger partial charge < -0.3 is 15.2 Å². The van der Waals surface area contributed by atoms with Gasteiger partial charge in [0, 0.05) is 37.8 Å². The molecule has 0 aromatic heterocycles. The quantitative estimate of drug-likeness (QED) is 0.701. The second kappa shape index (κ2) is 5.69. The van der Waals surface area contributed by atoms with E-state index in [4.69, 9.17) is 4.74 Å². The van der Waals surface area contributed by atoms with Gasteiger partial charge in [-0.3, -0.25) is 0 Å². The van der Waals surface area contributed by atoms with Crippen molar-refractivity contribution in [1.29, 1.82) is 0 Å². The lowest BCUT2D eigenvalue weighted by atomic mass is 9.88. The van der Waals surface area contributed by atoms with Crippen molar-refractivity contribution in [3.63, 3.8) is 0 Å². The summed E-state index contributed by atoms with van der Waals surface area (Å²) in [6.45, 7) is 7.17. The first-order valence-electron chi connectivity index (χ1n) is 5.62. The molecule has 0 saturated carbocycles. The van der Waals surface area contributed by atoms with Gasteiger partial charge >= 0.3 is 0 Å². The molecule has 1 atom stereocenters. The zero-order valence-electron chi connectivity index (χ0n) is 9.38. The summed E-state index contributed by atoms with van der Waals surface area (Å²) in [6.07, 6.45) is 3.22. The van der Waals surface area contributed by atoms with Crippen LogP contribution in [0.5, 0.6) is 0 Å². The van der Waals surface area contributed by atoms with Crippen molar-refractivity contribution in [3.8, 4) is 0 Å². The van der Waals surface area contributed by atoms with Gasteiger partial charge in [0.25, 0.3) is 0 Å². The first-order chi connectivity index (χ1) is 6.70. The predicted octanol–water partition coefficient (Wildman–Crippen LogP) is 1.16. The SMILES string of the molecule is CCC(C)(CO)CNC1CCOCC1. The van der Waals surface area contributed by atoms with Crippen molar-refractivity contribution >= 4 is 0 Å². The van der Waals surface area contributed by atoms with E-state index in [-0.39, 0.29) is 12.0 Å². The molecule has 1 heterocycles. The van der Waals surface area contributed by atoms with E-state index in [0.29, 0.717) is 6.04 Å². The molecule has 0 amide bonds. The second-order valence-corrected chi connectivity index (χ2v) is 4.59. The average molecular weight is 201 g/mol. The first kappa shape index (κ1) is 12.0. The van der Waals surface area contributed by atoms with Crippen molar-refractivity contribution in [3.05, 3.63) is 0 Å². The Morgan fingerprint density at radius 2 is 2.07 bits per heavy atom. The molecule has 0 aliphatic carbocycles. The van der Waals surface area contributed by atoms with E-state index in [2.05, 4.69) is 19.2 Å². The number of aliphatic hydroxyl groups excluding tert-OH is 1. The van der Waals surface area contributed by atoms with Gasteiger partial charge in [0.05, 0.1) is 0 Å². The maximum atomic E-state index is 9.25. The van der Waals surface area contributed by atoms with E-state index in [0.717, 1.165) is 39.0 Å². The topological polar surface area (TPSA) is 41.5 Å².